The quantitative estimate of drug-likeness (QED) is 0.617. The molecule has 0 bridgehead atoms. The molecule has 2 aliphatic rings. The Balaban J connectivity index is 1.43. The van der Waals surface area contributed by atoms with Gasteiger partial charge in [-0.05, 0) is 41.9 Å². The molecule has 2 aliphatic heterocycles. The minimum atomic E-state index is 0.280. The Labute approximate surface area is 166 Å². The first kappa shape index (κ1) is 18.9. The Hall–Kier alpha value is -2.44. The monoisotopic (exact) mass is 379 g/mol. The number of nitrogens with one attached hydrogen (secondary N) is 1. The SMILES string of the molecule is NC(=NCC1CN(Cc2ccccc2)CC12CCOCC2)Nc1ccccn1. The van der Waals surface area contributed by atoms with E-state index in [1.54, 1.807) is 6.20 Å². The number of hydrogen-bond donors (Lipinski definition) is 2. The van der Waals surface area contributed by atoms with Gasteiger partial charge >= 0.3 is 0 Å². The van der Waals surface area contributed by atoms with E-state index in [0.717, 1.165) is 58.1 Å². The van der Waals surface area contributed by atoms with Gasteiger partial charge in [0, 0.05) is 45.6 Å². The number of benzene rings is 1. The summed E-state index contributed by atoms with van der Waals surface area (Å²) in [7, 11) is 0. The first-order valence-electron chi connectivity index (χ1n) is 10.1. The highest BCUT2D eigenvalue weighted by Gasteiger charge is 2.46. The van der Waals surface area contributed by atoms with Crippen molar-refractivity contribution in [2.75, 3.05) is 38.2 Å². The predicted octanol–water partition coefficient (Wildman–Crippen LogP) is 2.74. The normalized spacial score (nSPS) is 22.4. The summed E-state index contributed by atoms with van der Waals surface area (Å²) in [4.78, 5) is 11.5. The van der Waals surface area contributed by atoms with Gasteiger partial charge in [-0.15, -0.1) is 0 Å². The summed E-state index contributed by atoms with van der Waals surface area (Å²) in [6.07, 6.45) is 3.95. The van der Waals surface area contributed by atoms with Crippen LogP contribution >= 0.6 is 0 Å². The lowest BCUT2D eigenvalue weighted by atomic mass is 9.72. The summed E-state index contributed by atoms with van der Waals surface area (Å²) < 4.78 is 5.66. The summed E-state index contributed by atoms with van der Waals surface area (Å²) in [5.74, 6) is 1.65. The zero-order valence-electron chi connectivity index (χ0n) is 16.3. The highest BCUT2D eigenvalue weighted by Crippen LogP contribution is 2.44. The van der Waals surface area contributed by atoms with Crippen molar-refractivity contribution in [3.8, 4) is 0 Å². The number of aliphatic imine (C=N–C) groups is 1. The summed E-state index contributed by atoms with van der Waals surface area (Å²) in [6.45, 7) is 5.58. The van der Waals surface area contributed by atoms with Gasteiger partial charge in [0.1, 0.15) is 5.82 Å². The van der Waals surface area contributed by atoms with E-state index in [1.165, 1.54) is 5.56 Å². The van der Waals surface area contributed by atoms with E-state index in [2.05, 4.69) is 50.5 Å². The fraction of sp³-hybridized carbons (Fsp3) is 0.455. The molecule has 0 amide bonds. The highest BCUT2D eigenvalue weighted by atomic mass is 16.5. The van der Waals surface area contributed by atoms with E-state index in [0.29, 0.717) is 11.9 Å². The fourth-order valence-corrected chi connectivity index (χ4v) is 4.52. The van der Waals surface area contributed by atoms with Crippen LogP contribution in [0.4, 0.5) is 5.82 Å². The molecule has 1 spiro atoms. The van der Waals surface area contributed by atoms with Crippen molar-refractivity contribution in [3.63, 3.8) is 0 Å². The van der Waals surface area contributed by atoms with Gasteiger partial charge in [0.25, 0.3) is 0 Å². The van der Waals surface area contributed by atoms with Gasteiger partial charge in [-0.1, -0.05) is 36.4 Å². The van der Waals surface area contributed by atoms with Crippen LogP contribution in [0.1, 0.15) is 18.4 Å². The van der Waals surface area contributed by atoms with Crippen LogP contribution in [0.3, 0.4) is 0 Å². The number of anilines is 1. The lowest BCUT2D eigenvalue weighted by Crippen LogP contribution is -2.38. The first-order valence-corrected chi connectivity index (χ1v) is 10.1. The lowest BCUT2D eigenvalue weighted by molar-refractivity contribution is 0.00111. The molecule has 3 heterocycles. The van der Waals surface area contributed by atoms with Crippen LogP contribution in [0.2, 0.25) is 0 Å². The molecule has 0 saturated carbocycles. The fourth-order valence-electron chi connectivity index (χ4n) is 4.52. The predicted molar refractivity (Wildman–Crippen MR) is 112 cm³/mol. The van der Waals surface area contributed by atoms with Gasteiger partial charge in [0.2, 0.25) is 0 Å². The zero-order valence-corrected chi connectivity index (χ0v) is 16.3. The van der Waals surface area contributed by atoms with Crippen LogP contribution in [0.15, 0.2) is 59.7 Å². The molecule has 1 aromatic heterocycles. The molecule has 2 saturated heterocycles. The van der Waals surface area contributed by atoms with Crippen LogP contribution in [-0.2, 0) is 11.3 Å². The van der Waals surface area contributed by atoms with E-state index < -0.39 is 0 Å². The number of ether oxygens (including phenoxy) is 1. The minimum absolute atomic E-state index is 0.280. The Morgan fingerprint density at radius 2 is 1.96 bits per heavy atom. The second-order valence-corrected chi connectivity index (χ2v) is 7.89. The van der Waals surface area contributed by atoms with Crippen LogP contribution in [0, 0.1) is 11.3 Å². The third kappa shape index (κ3) is 4.51. The summed E-state index contributed by atoms with van der Waals surface area (Å²) in [5, 5.41) is 3.09. The van der Waals surface area contributed by atoms with Gasteiger partial charge in [-0.3, -0.25) is 9.89 Å². The number of nitrogens with two attached hydrogens (primary N) is 1. The van der Waals surface area contributed by atoms with Gasteiger partial charge < -0.3 is 15.8 Å². The maximum Gasteiger partial charge on any atom is 0.194 e. The Kier molecular flexibility index (Phi) is 5.88. The largest absolute Gasteiger partial charge is 0.381 e. The second kappa shape index (κ2) is 8.71. The van der Waals surface area contributed by atoms with Crippen molar-refractivity contribution in [2.45, 2.75) is 19.4 Å². The maximum atomic E-state index is 6.12. The van der Waals surface area contributed by atoms with E-state index in [4.69, 9.17) is 10.5 Å². The molecule has 2 aromatic rings. The topological polar surface area (TPSA) is 75.8 Å². The molecular formula is C22H29N5O. The zero-order chi connectivity index (χ0) is 19.2. The maximum absolute atomic E-state index is 6.12. The smallest absolute Gasteiger partial charge is 0.194 e. The molecule has 0 aliphatic carbocycles. The average Bonchev–Trinajstić information content (AvgIpc) is 3.04. The highest BCUT2D eigenvalue weighted by molar-refractivity contribution is 5.91. The van der Waals surface area contributed by atoms with Gasteiger partial charge in [-0.25, -0.2) is 4.98 Å². The molecular weight excluding hydrogens is 350 g/mol. The first-order chi connectivity index (χ1) is 13.7. The molecule has 2 fully saturated rings. The Morgan fingerprint density at radius 1 is 1.18 bits per heavy atom. The van der Waals surface area contributed by atoms with Crippen molar-refractivity contribution in [3.05, 3.63) is 60.3 Å². The summed E-state index contributed by atoms with van der Waals surface area (Å²) in [5.41, 5.74) is 7.77. The Morgan fingerprint density at radius 3 is 2.71 bits per heavy atom. The summed E-state index contributed by atoms with van der Waals surface area (Å²) in [6, 6.07) is 16.4. The molecule has 4 rings (SSSR count). The van der Waals surface area contributed by atoms with E-state index in [9.17, 15) is 0 Å². The Bertz CT molecular complexity index is 774. The molecule has 1 unspecified atom stereocenters. The van der Waals surface area contributed by atoms with Crippen molar-refractivity contribution in [1.82, 2.24) is 9.88 Å². The minimum Gasteiger partial charge on any atom is -0.381 e. The third-order valence-corrected chi connectivity index (χ3v) is 6.02. The van der Waals surface area contributed by atoms with E-state index >= 15 is 0 Å². The molecule has 6 nitrogen and oxygen atoms in total. The van der Waals surface area contributed by atoms with Crippen molar-refractivity contribution >= 4 is 11.8 Å². The van der Waals surface area contributed by atoms with Gasteiger partial charge in [0.15, 0.2) is 5.96 Å². The molecule has 3 N–H and O–H groups in total. The van der Waals surface area contributed by atoms with Crippen molar-refractivity contribution in [1.29, 1.82) is 0 Å². The second-order valence-electron chi connectivity index (χ2n) is 7.89. The van der Waals surface area contributed by atoms with Gasteiger partial charge in [0.05, 0.1) is 0 Å². The molecule has 1 aromatic carbocycles. The average molecular weight is 380 g/mol. The number of aromatic nitrogens is 1. The summed E-state index contributed by atoms with van der Waals surface area (Å²) >= 11 is 0. The molecule has 28 heavy (non-hydrogen) atoms. The number of rotatable bonds is 5. The number of hydrogen-bond acceptors (Lipinski definition) is 4. The van der Waals surface area contributed by atoms with Crippen molar-refractivity contribution < 1.29 is 4.74 Å². The van der Waals surface area contributed by atoms with Crippen molar-refractivity contribution in [2.24, 2.45) is 22.1 Å². The van der Waals surface area contributed by atoms with Gasteiger partial charge in [-0.2, -0.15) is 0 Å². The molecule has 148 valence electrons. The van der Waals surface area contributed by atoms with E-state index in [1.807, 2.05) is 18.2 Å². The van der Waals surface area contributed by atoms with Crippen LogP contribution in [0.5, 0.6) is 0 Å². The number of nitrogens with zero attached hydrogens (tertiary/aromatic N) is 3. The number of likely N-dealkylation sites (tertiary alicyclic amines) is 1. The van der Waals surface area contributed by atoms with Crippen LogP contribution < -0.4 is 11.1 Å². The number of pyridine rings is 1. The molecule has 1 atom stereocenters. The van der Waals surface area contributed by atoms with Crippen LogP contribution in [-0.4, -0.2) is 48.7 Å². The van der Waals surface area contributed by atoms with Crippen LogP contribution in [0.25, 0.3) is 0 Å². The van der Waals surface area contributed by atoms with E-state index in [-0.39, 0.29) is 5.41 Å². The molecule has 0 radical (unpaired) electrons. The lowest BCUT2D eigenvalue weighted by Gasteiger charge is -2.37. The molecule has 6 heteroatoms. The standard InChI is InChI=1S/C22H29N5O/c23-21(26-20-8-4-5-11-24-20)25-14-19-16-27(15-18-6-2-1-3-7-18)17-22(19)9-12-28-13-10-22/h1-8,11,19H,9-10,12-17H2,(H3,23,24,25,26). The number of guanidine groups is 1. The third-order valence-electron chi connectivity index (χ3n) is 6.02.